The summed E-state index contributed by atoms with van der Waals surface area (Å²) in [5.74, 6) is -0.0170. The van der Waals surface area contributed by atoms with Crippen LogP contribution in [0.25, 0.3) is 0 Å². The molecule has 3 heteroatoms. The maximum atomic E-state index is 13.1. The summed E-state index contributed by atoms with van der Waals surface area (Å²) in [6.07, 6.45) is 4.64. The molecule has 2 N–H and O–H groups in total. The summed E-state index contributed by atoms with van der Waals surface area (Å²) in [6.45, 7) is 10.3. The Hall–Kier alpha value is -1.19. The van der Waals surface area contributed by atoms with Crippen LogP contribution < -0.4 is 0 Å². The molecule has 3 nitrogen and oxygen atoms in total. The van der Waals surface area contributed by atoms with Crippen molar-refractivity contribution in [3.63, 3.8) is 0 Å². The summed E-state index contributed by atoms with van der Waals surface area (Å²) in [4.78, 5) is 13.1. The summed E-state index contributed by atoms with van der Waals surface area (Å²) >= 11 is 0. The molecule has 0 aliphatic heterocycles. The zero-order valence-corrected chi connectivity index (χ0v) is 14.4. The average Bonchev–Trinajstić information content (AvgIpc) is 2.69. The van der Waals surface area contributed by atoms with E-state index in [9.17, 15) is 15.0 Å². The van der Waals surface area contributed by atoms with Crippen LogP contribution in [0.3, 0.4) is 0 Å². The Morgan fingerprint density at radius 2 is 1.87 bits per heavy atom. The molecule has 0 aromatic rings. The monoisotopic (exact) mass is 316 g/mol. The average molecular weight is 316 g/mol. The summed E-state index contributed by atoms with van der Waals surface area (Å²) < 4.78 is 0. The molecule has 3 aliphatic carbocycles. The number of carbonyl (C=O) groups excluding carboxylic acids is 1. The van der Waals surface area contributed by atoms with Crippen LogP contribution in [0.1, 0.15) is 52.9 Å². The normalized spacial score (nSPS) is 39.8. The van der Waals surface area contributed by atoms with Crippen molar-refractivity contribution in [1.82, 2.24) is 0 Å². The Morgan fingerprint density at radius 1 is 1.22 bits per heavy atom. The van der Waals surface area contributed by atoms with Gasteiger partial charge in [0.1, 0.15) is 0 Å². The molecule has 0 saturated carbocycles. The number of rotatable bonds is 0. The highest BCUT2D eigenvalue weighted by atomic mass is 16.3. The first-order chi connectivity index (χ1) is 10.7. The summed E-state index contributed by atoms with van der Waals surface area (Å²) in [7, 11) is 0. The van der Waals surface area contributed by atoms with Crippen LogP contribution in [0, 0.1) is 17.3 Å². The molecule has 0 radical (unpaired) electrons. The lowest BCUT2D eigenvalue weighted by Crippen LogP contribution is -2.33. The zero-order valence-electron chi connectivity index (χ0n) is 14.4. The molecule has 3 bridgehead atoms. The number of aliphatic hydroxyl groups is 2. The van der Waals surface area contributed by atoms with Crippen LogP contribution in [-0.4, -0.2) is 28.2 Å². The number of allylic oxidation sites excluding steroid dienone is 1. The topological polar surface area (TPSA) is 57.5 Å². The zero-order chi connectivity index (χ0) is 16.9. The molecule has 0 spiro atoms. The van der Waals surface area contributed by atoms with Gasteiger partial charge in [-0.2, -0.15) is 0 Å². The van der Waals surface area contributed by atoms with Crippen molar-refractivity contribution in [1.29, 1.82) is 0 Å². The second kappa shape index (κ2) is 5.71. The van der Waals surface area contributed by atoms with Crippen molar-refractivity contribution in [2.75, 3.05) is 0 Å². The molecule has 0 saturated heterocycles. The Morgan fingerprint density at radius 3 is 2.57 bits per heavy atom. The number of fused-ring (bicyclic) bond motifs is 2. The fourth-order valence-corrected chi connectivity index (χ4v) is 4.91. The van der Waals surface area contributed by atoms with Gasteiger partial charge in [-0.3, -0.25) is 4.79 Å². The van der Waals surface area contributed by atoms with E-state index >= 15 is 0 Å². The molecule has 0 aromatic heterocycles. The Balaban J connectivity index is 2.10. The lowest BCUT2D eigenvalue weighted by Gasteiger charge is -2.40. The van der Waals surface area contributed by atoms with E-state index < -0.39 is 18.1 Å². The van der Waals surface area contributed by atoms with Crippen molar-refractivity contribution in [3.05, 3.63) is 34.9 Å². The fourth-order valence-electron chi connectivity index (χ4n) is 4.91. The Kier molecular flexibility index (Phi) is 4.14. The maximum Gasteiger partial charge on any atom is 0.169 e. The number of carbonyl (C=O) groups is 1. The van der Waals surface area contributed by atoms with E-state index in [0.29, 0.717) is 12.3 Å². The summed E-state index contributed by atoms with van der Waals surface area (Å²) in [5.41, 5.74) is 3.46. The Labute approximate surface area is 138 Å². The number of Topliss-reactive ketones (excluding diaryl/α,β-unsaturated/α-hetero) is 1. The third-order valence-corrected chi connectivity index (χ3v) is 6.24. The molecular formula is C20H28O3. The van der Waals surface area contributed by atoms with E-state index in [1.807, 2.05) is 6.92 Å². The van der Waals surface area contributed by atoms with Gasteiger partial charge < -0.3 is 10.2 Å². The standard InChI is InChI=1S/C20H28O3/c1-11-5-6-13-7-8-15-17(20(13,3)4)19(23)16(18(15)22)12(2)10-14(21)9-11/h10,13-14,16,18,21-22H,1,5-9H2,2-4H3/b12-10+/t13-,14?,16+,18?/m1/s1. The van der Waals surface area contributed by atoms with Crippen LogP contribution in [0.4, 0.5) is 0 Å². The first-order valence-electron chi connectivity index (χ1n) is 8.72. The third-order valence-electron chi connectivity index (χ3n) is 6.24. The highest BCUT2D eigenvalue weighted by Gasteiger charge is 2.51. The van der Waals surface area contributed by atoms with Gasteiger partial charge >= 0.3 is 0 Å². The van der Waals surface area contributed by atoms with E-state index in [-0.39, 0.29) is 11.2 Å². The molecule has 23 heavy (non-hydrogen) atoms. The van der Waals surface area contributed by atoms with Gasteiger partial charge in [0.05, 0.1) is 18.1 Å². The minimum absolute atomic E-state index is 0.0718. The van der Waals surface area contributed by atoms with Crippen molar-refractivity contribution in [2.24, 2.45) is 17.3 Å². The number of aliphatic hydroxyl groups excluding tert-OH is 2. The summed E-state index contributed by atoms with van der Waals surface area (Å²) in [5, 5.41) is 21.0. The van der Waals surface area contributed by atoms with Crippen LogP contribution in [0.15, 0.2) is 34.9 Å². The van der Waals surface area contributed by atoms with Crippen molar-refractivity contribution >= 4 is 5.78 Å². The van der Waals surface area contributed by atoms with Gasteiger partial charge in [-0.05, 0) is 55.9 Å². The molecule has 2 unspecified atom stereocenters. The molecule has 0 fully saturated rings. The van der Waals surface area contributed by atoms with E-state index in [0.717, 1.165) is 48.0 Å². The molecule has 3 aliphatic rings. The lowest BCUT2D eigenvalue weighted by atomic mass is 9.63. The van der Waals surface area contributed by atoms with Crippen molar-refractivity contribution in [2.45, 2.75) is 65.1 Å². The third kappa shape index (κ3) is 2.64. The van der Waals surface area contributed by atoms with Crippen LogP contribution in [-0.2, 0) is 4.79 Å². The van der Waals surface area contributed by atoms with Gasteiger partial charge in [-0.1, -0.05) is 37.6 Å². The van der Waals surface area contributed by atoms with Crippen LogP contribution >= 0.6 is 0 Å². The van der Waals surface area contributed by atoms with E-state index in [4.69, 9.17) is 0 Å². The number of hydrogen-bond acceptors (Lipinski definition) is 3. The van der Waals surface area contributed by atoms with Gasteiger partial charge in [0.15, 0.2) is 5.78 Å². The molecule has 4 atom stereocenters. The maximum absolute atomic E-state index is 13.1. The van der Waals surface area contributed by atoms with E-state index in [1.54, 1.807) is 6.08 Å². The second-order valence-electron chi connectivity index (χ2n) is 8.12. The van der Waals surface area contributed by atoms with Gasteiger partial charge in [-0.15, -0.1) is 0 Å². The van der Waals surface area contributed by atoms with Gasteiger partial charge in [0, 0.05) is 5.57 Å². The second-order valence-corrected chi connectivity index (χ2v) is 8.12. The molecule has 3 rings (SSSR count). The van der Waals surface area contributed by atoms with Gasteiger partial charge in [-0.25, -0.2) is 0 Å². The minimum Gasteiger partial charge on any atom is -0.389 e. The molecular weight excluding hydrogens is 288 g/mol. The first kappa shape index (κ1) is 16.7. The predicted molar refractivity (Wildman–Crippen MR) is 90.8 cm³/mol. The molecule has 126 valence electrons. The molecule has 0 amide bonds. The SMILES string of the molecule is C=C1CC[C@@H]2CCC3=C(C(=O)[C@@H](/C(C)=C/C(O)C1)C3O)C2(C)C. The van der Waals surface area contributed by atoms with E-state index in [2.05, 4.69) is 20.4 Å². The molecule has 0 heterocycles. The molecule has 0 aromatic carbocycles. The van der Waals surface area contributed by atoms with Crippen LogP contribution in [0.2, 0.25) is 0 Å². The fraction of sp³-hybridized carbons (Fsp3) is 0.650. The smallest absolute Gasteiger partial charge is 0.169 e. The highest BCUT2D eigenvalue weighted by molar-refractivity contribution is 6.04. The highest BCUT2D eigenvalue weighted by Crippen LogP contribution is 2.53. The quantitative estimate of drug-likeness (QED) is 0.674. The van der Waals surface area contributed by atoms with Crippen molar-refractivity contribution in [3.8, 4) is 0 Å². The van der Waals surface area contributed by atoms with Crippen molar-refractivity contribution < 1.29 is 15.0 Å². The lowest BCUT2D eigenvalue weighted by molar-refractivity contribution is -0.120. The minimum atomic E-state index is -0.717. The largest absolute Gasteiger partial charge is 0.389 e. The van der Waals surface area contributed by atoms with Crippen LogP contribution in [0.5, 0.6) is 0 Å². The number of ketones is 1. The van der Waals surface area contributed by atoms with Gasteiger partial charge in [0.2, 0.25) is 0 Å². The number of hydrogen-bond donors (Lipinski definition) is 2. The van der Waals surface area contributed by atoms with Gasteiger partial charge in [0.25, 0.3) is 0 Å². The predicted octanol–water partition coefficient (Wildman–Crippen LogP) is 3.33. The van der Waals surface area contributed by atoms with E-state index in [1.165, 1.54) is 0 Å². The Bertz CT molecular complexity index is 608. The first-order valence-corrected chi connectivity index (χ1v) is 8.72. The summed E-state index contributed by atoms with van der Waals surface area (Å²) in [6, 6.07) is 0.